The molecule has 1 aliphatic rings. The first kappa shape index (κ1) is 22.3. The molecule has 0 radical (unpaired) electrons. The molecule has 1 aromatic carbocycles. The van der Waals surface area contributed by atoms with Crippen LogP contribution >= 0.6 is 23.9 Å². The number of rotatable bonds is 8. The summed E-state index contributed by atoms with van der Waals surface area (Å²) in [6.07, 6.45) is 5.32. The number of anilines is 1. The number of ether oxygens (including phenoxy) is 1. The molecule has 3 heterocycles. The minimum atomic E-state index is -0.224. The minimum Gasteiger partial charge on any atom is -0.379 e. The summed E-state index contributed by atoms with van der Waals surface area (Å²) < 4.78 is 27.7. The zero-order valence-electron chi connectivity index (χ0n) is 17.7. The Labute approximate surface area is 189 Å². The monoisotopic (exact) mass is 462 g/mol. The third kappa shape index (κ3) is 4.95. The first-order valence-electron chi connectivity index (χ1n) is 10.6. The lowest BCUT2D eigenvalue weighted by Crippen LogP contribution is -2.31. The molecule has 0 saturated carbocycles. The highest BCUT2D eigenvalue weighted by molar-refractivity contribution is 8.00. The topological polar surface area (TPSA) is 61.8 Å². The number of imidazole rings is 1. The zero-order valence-corrected chi connectivity index (χ0v) is 19.4. The average molecular weight is 463 g/mol. The summed E-state index contributed by atoms with van der Waals surface area (Å²) in [7, 11) is 0. The van der Waals surface area contributed by atoms with Crippen molar-refractivity contribution in [3.05, 3.63) is 52.2 Å². The molecule has 0 atom stereocenters. The molecule has 0 spiro atoms. The SMILES string of the molecule is CCCSNc1cc(-c2c[nH]c3cc(=O)c(SN4CCOCC4)cn23)cc(F)c1CC. The van der Waals surface area contributed by atoms with Gasteiger partial charge in [0, 0.05) is 48.4 Å². The molecule has 2 aromatic heterocycles. The predicted octanol–water partition coefficient (Wildman–Crippen LogP) is 4.81. The van der Waals surface area contributed by atoms with E-state index in [4.69, 9.17) is 4.74 Å². The molecule has 1 saturated heterocycles. The Morgan fingerprint density at radius 1 is 1.23 bits per heavy atom. The average Bonchev–Trinajstić information content (AvgIpc) is 3.17. The van der Waals surface area contributed by atoms with Crippen molar-refractivity contribution in [2.45, 2.75) is 31.6 Å². The number of H-pyrrole nitrogens is 1. The first-order valence-corrected chi connectivity index (χ1v) is 12.3. The van der Waals surface area contributed by atoms with Crippen molar-refractivity contribution < 1.29 is 9.13 Å². The molecule has 31 heavy (non-hydrogen) atoms. The van der Waals surface area contributed by atoms with Crippen LogP contribution in [0.15, 0.2) is 40.3 Å². The number of morpholine rings is 1. The van der Waals surface area contributed by atoms with Crippen molar-refractivity contribution in [2.75, 3.05) is 36.8 Å². The van der Waals surface area contributed by atoms with Gasteiger partial charge in [-0.3, -0.25) is 9.20 Å². The van der Waals surface area contributed by atoms with E-state index < -0.39 is 0 Å². The largest absolute Gasteiger partial charge is 0.379 e. The van der Waals surface area contributed by atoms with E-state index in [-0.39, 0.29) is 11.2 Å². The van der Waals surface area contributed by atoms with Crippen LogP contribution in [-0.4, -0.2) is 45.7 Å². The number of hydrogen-bond donors (Lipinski definition) is 2. The Kier molecular flexibility index (Phi) is 7.27. The van der Waals surface area contributed by atoms with E-state index >= 15 is 0 Å². The third-order valence-corrected chi connectivity index (χ3v) is 7.27. The number of halogens is 1. The predicted molar refractivity (Wildman–Crippen MR) is 127 cm³/mol. The van der Waals surface area contributed by atoms with Gasteiger partial charge in [0.15, 0.2) is 5.43 Å². The molecule has 3 aromatic rings. The lowest BCUT2D eigenvalue weighted by molar-refractivity contribution is 0.0773. The number of fused-ring (bicyclic) bond motifs is 1. The minimum absolute atomic E-state index is 0.0317. The number of benzene rings is 1. The van der Waals surface area contributed by atoms with Crippen LogP contribution in [0.1, 0.15) is 25.8 Å². The molecule has 166 valence electrons. The zero-order chi connectivity index (χ0) is 21.8. The van der Waals surface area contributed by atoms with E-state index in [2.05, 4.69) is 20.9 Å². The number of hydrogen-bond acceptors (Lipinski definition) is 6. The van der Waals surface area contributed by atoms with E-state index in [1.807, 2.05) is 29.8 Å². The quantitative estimate of drug-likeness (QED) is 0.370. The normalized spacial score (nSPS) is 14.9. The van der Waals surface area contributed by atoms with Gasteiger partial charge in [-0.15, -0.1) is 0 Å². The summed E-state index contributed by atoms with van der Waals surface area (Å²) in [5.74, 6) is 0.725. The van der Waals surface area contributed by atoms with E-state index in [0.717, 1.165) is 42.2 Å². The summed E-state index contributed by atoms with van der Waals surface area (Å²) >= 11 is 3.04. The number of aromatic nitrogens is 2. The smallest absolute Gasteiger partial charge is 0.198 e. The molecule has 1 aliphatic heterocycles. The summed E-state index contributed by atoms with van der Waals surface area (Å²) in [5.41, 5.74) is 3.70. The maximum absolute atomic E-state index is 14.9. The van der Waals surface area contributed by atoms with Crippen LogP contribution in [0.2, 0.25) is 0 Å². The van der Waals surface area contributed by atoms with Crippen molar-refractivity contribution in [3.8, 4) is 11.3 Å². The Balaban J connectivity index is 1.71. The molecule has 0 unspecified atom stereocenters. The van der Waals surface area contributed by atoms with Gasteiger partial charge in [-0.05, 0) is 36.9 Å². The molecule has 0 amide bonds. The second-order valence-corrected chi connectivity index (χ2v) is 9.39. The van der Waals surface area contributed by atoms with Gasteiger partial charge >= 0.3 is 0 Å². The molecule has 0 aliphatic carbocycles. The molecule has 2 N–H and O–H groups in total. The molecular weight excluding hydrogens is 435 g/mol. The van der Waals surface area contributed by atoms with Gasteiger partial charge in [0.1, 0.15) is 11.5 Å². The second-order valence-electron chi connectivity index (χ2n) is 7.35. The summed E-state index contributed by atoms with van der Waals surface area (Å²) in [6, 6.07) is 5.16. The lowest BCUT2D eigenvalue weighted by atomic mass is 10.0. The van der Waals surface area contributed by atoms with Crippen LogP contribution in [0.3, 0.4) is 0 Å². The van der Waals surface area contributed by atoms with E-state index in [1.54, 1.807) is 24.1 Å². The number of nitrogens with one attached hydrogen (secondary N) is 2. The van der Waals surface area contributed by atoms with Gasteiger partial charge in [-0.1, -0.05) is 25.8 Å². The molecule has 9 heteroatoms. The highest BCUT2D eigenvalue weighted by Crippen LogP contribution is 2.31. The number of nitrogens with zero attached hydrogens (tertiary/aromatic N) is 2. The highest BCUT2D eigenvalue weighted by Gasteiger charge is 2.17. The van der Waals surface area contributed by atoms with Gasteiger partial charge in [-0.25, -0.2) is 8.70 Å². The molecule has 4 rings (SSSR count). The fourth-order valence-electron chi connectivity index (χ4n) is 3.57. The van der Waals surface area contributed by atoms with Gasteiger partial charge < -0.3 is 14.4 Å². The Bertz CT molecular complexity index is 1110. The van der Waals surface area contributed by atoms with Crippen molar-refractivity contribution in [3.63, 3.8) is 0 Å². The maximum Gasteiger partial charge on any atom is 0.198 e. The molecule has 1 fully saturated rings. The molecule has 0 bridgehead atoms. The Hall–Kier alpha value is -1.94. The second kappa shape index (κ2) is 10.1. The van der Waals surface area contributed by atoms with Gasteiger partial charge in [0.25, 0.3) is 0 Å². The van der Waals surface area contributed by atoms with Crippen LogP contribution in [0, 0.1) is 5.82 Å². The van der Waals surface area contributed by atoms with Gasteiger partial charge in [0.05, 0.1) is 29.5 Å². The van der Waals surface area contributed by atoms with Crippen molar-refractivity contribution in [1.29, 1.82) is 0 Å². The molecule has 6 nitrogen and oxygen atoms in total. The number of aromatic amines is 1. The van der Waals surface area contributed by atoms with Crippen molar-refractivity contribution in [2.24, 2.45) is 0 Å². The Morgan fingerprint density at radius 3 is 2.77 bits per heavy atom. The lowest BCUT2D eigenvalue weighted by Gasteiger charge is -2.24. The van der Waals surface area contributed by atoms with Crippen LogP contribution in [0.5, 0.6) is 0 Å². The van der Waals surface area contributed by atoms with Crippen LogP contribution in [0.4, 0.5) is 10.1 Å². The van der Waals surface area contributed by atoms with E-state index in [0.29, 0.717) is 35.7 Å². The van der Waals surface area contributed by atoms with Crippen molar-refractivity contribution >= 4 is 35.2 Å². The van der Waals surface area contributed by atoms with Crippen LogP contribution < -0.4 is 10.2 Å². The van der Waals surface area contributed by atoms with Crippen molar-refractivity contribution in [1.82, 2.24) is 13.7 Å². The maximum atomic E-state index is 14.9. The summed E-state index contributed by atoms with van der Waals surface area (Å²) in [4.78, 5) is 16.4. The fraction of sp³-hybridized carbons (Fsp3) is 0.409. The first-order chi connectivity index (χ1) is 15.1. The number of pyridine rings is 1. The van der Waals surface area contributed by atoms with Gasteiger partial charge in [0.2, 0.25) is 0 Å². The van der Waals surface area contributed by atoms with Crippen LogP contribution in [0.25, 0.3) is 16.9 Å². The van der Waals surface area contributed by atoms with Crippen LogP contribution in [-0.2, 0) is 11.2 Å². The van der Waals surface area contributed by atoms with Gasteiger partial charge in [-0.2, -0.15) is 0 Å². The highest BCUT2D eigenvalue weighted by atomic mass is 32.2. The fourth-order valence-corrected chi connectivity index (χ4v) is 5.13. The Morgan fingerprint density at radius 2 is 2.03 bits per heavy atom. The summed E-state index contributed by atoms with van der Waals surface area (Å²) in [5, 5.41) is 0. The van der Waals surface area contributed by atoms with E-state index in [1.165, 1.54) is 11.9 Å². The summed E-state index contributed by atoms with van der Waals surface area (Å²) in [6.45, 7) is 6.97. The third-order valence-electron chi connectivity index (χ3n) is 5.16. The van der Waals surface area contributed by atoms with E-state index in [9.17, 15) is 9.18 Å². The standard InChI is InChI=1S/C22H27FN4O2S2/c1-3-9-30-25-18-11-15(10-17(23)16(18)4-2)19-13-24-22-12-20(28)21(14-27(19)22)31-26-5-7-29-8-6-26/h10-14,24-25H,3-9H2,1-2H3. The molecular formula is C22H27FN4O2S2.